The average molecular weight is 347 g/mol. The molecule has 0 fully saturated rings. The van der Waals surface area contributed by atoms with Crippen LogP contribution in [0.3, 0.4) is 0 Å². The summed E-state index contributed by atoms with van der Waals surface area (Å²) >= 11 is 6.22. The summed E-state index contributed by atoms with van der Waals surface area (Å²) in [5.74, 6) is 0.258. The minimum atomic E-state index is -0.276. The molecule has 0 bridgehead atoms. The van der Waals surface area contributed by atoms with Crippen molar-refractivity contribution in [3.63, 3.8) is 0 Å². The van der Waals surface area contributed by atoms with E-state index in [4.69, 9.17) is 11.6 Å². The number of hydrogen-bond acceptors (Lipinski definition) is 4. The Bertz CT molecular complexity index is 678. The second-order valence-electron chi connectivity index (χ2n) is 5.82. The predicted octanol–water partition coefficient (Wildman–Crippen LogP) is 4.60. The van der Waals surface area contributed by atoms with Gasteiger partial charge >= 0.3 is 0 Å². The maximum Gasteiger partial charge on any atom is 0.258 e. The summed E-state index contributed by atoms with van der Waals surface area (Å²) in [6.45, 7) is 6.86. The molecule has 2 N–H and O–H groups in total. The Labute approximate surface area is 147 Å². The van der Waals surface area contributed by atoms with E-state index < -0.39 is 0 Å². The van der Waals surface area contributed by atoms with Crippen molar-refractivity contribution in [3.05, 3.63) is 46.2 Å². The van der Waals surface area contributed by atoms with E-state index in [9.17, 15) is 4.79 Å². The highest BCUT2D eigenvalue weighted by Gasteiger charge is 2.12. The Kier molecular flexibility index (Phi) is 6.55. The molecule has 0 saturated carbocycles. The molecule has 5 nitrogen and oxygen atoms in total. The lowest BCUT2D eigenvalue weighted by Crippen LogP contribution is -2.15. The van der Waals surface area contributed by atoms with Crippen LogP contribution in [0.25, 0.3) is 0 Å². The molecular weight excluding hydrogens is 324 g/mol. The summed E-state index contributed by atoms with van der Waals surface area (Å²) in [6.07, 6.45) is 6.45. The maximum atomic E-state index is 12.3. The lowest BCUT2D eigenvalue weighted by molar-refractivity contribution is 0.102. The van der Waals surface area contributed by atoms with Gasteiger partial charge in [-0.05, 0) is 37.5 Å². The standard InChI is InChI=1S/C18H23ClN4O/c1-4-5-6-7-20-18-21-10-14(11-22-18)17(24)23-16-13(3)8-12(2)9-15(16)19/h8-11H,4-7H2,1-3H3,(H,23,24)(H,20,21,22). The van der Waals surface area contributed by atoms with Crippen LogP contribution >= 0.6 is 11.6 Å². The number of unbranched alkanes of at least 4 members (excludes halogenated alkanes) is 2. The lowest BCUT2D eigenvalue weighted by atomic mass is 10.1. The number of benzene rings is 1. The Morgan fingerprint density at radius 3 is 2.50 bits per heavy atom. The molecule has 6 heteroatoms. The number of aryl methyl sites for hydroxylation is 2. The number of hydrogen-bond donors (Lipinski definition) is 2. The highest BCUT2D eigenvalue weighted by atomic mass is 35.5. The zero-order chi connectivity index (χ0) is 17.5. The van der Waals surface area contributed by atoms with Crippen LogP contribution in [-0.4, -0.2) is 22.4 Å². The van der Waals surface area contributed by atoms with Gasteiger partial charge in [-0.3, -0.25) is 4.79 Å². The van der Waals surface area contributed by atoms with Crippen LogP contribution in [0.1, 0.15) is 47.7 Å². The summed E-state index contributed by atoms with van der Waals surface area (Å²) in [5.41, 5.74) is 2.99. The maximum absolute atomic E-state index is 12.3. The largest absolute Gasteiger partial charge is 0.354 e. The molecule has 0 saturated heterocycles. The fourth-order valence-electron chi connectivity index (χ4n) is 2.37. The lowest BCUT2D eigenvalue weighted by Gasteiger charge is -2.11. The molecule has 24 heavy (non-hydrogen) atoms. The highest BCUT2D eigenvalue weighted by molar-refractivity contribution is 6.34. The Morgan fingerprint density at radius 2 is 1.88 bits per heavy atom. The molecule has 1 aromatic heterocycles. The monoisotopic (exact) mass is 346 g/mol. The minimum absolute atomic E-state index is 0.276. The molecule has 0 atom stereocenters. The van der Waals surface area contributed by atoms with E-state index in [0.29, 0.717) is 22.2 Å². The first-order valence-electron chi connectivity index (χ1n) is 8.15. The number of aromatic nitrogens is 2. The third-order valence-corrected chi connectivity index (χ3v) is 3.95. The minimum Gasteiger partial charge on any atom is -0.354 e. The van der Waals surface area contributed by atoms with Gasteiger partial charge in [-0.15, -0.1) is 0 Å². The summed E-state index contributed by atoms with van der Waals surface area (Å²) in [5, 5.41) is 6.50. The second-order valence-corrected chi connectivity index (χ2v) is 6.23. The normalized spacial score (nSPS) is 10.5. The number of anilines is 2. The van der Waals surface area contributed by atoms with Crippen molar-refractivity contribution in [2.45, 2.75) is 40.0 Å². The molecular formula is C18H23ClN4O. The van der Waals surface area contributed by atoms with Crippen molar-refractivity contribution in [2.24, 2.45) is 0 Å². The number of nitrogens with one attached hydrogen (secondary N) is 2. The summed E-state index contributed by atoms with van der Waals surface area (Å²) in [6, 6.07) is 3.80. The van der Waals surface area contributed by atoms with Gasteiger partial charge in [0.2, 0.25) is 5.95 Å². The number of halogens is 1. The van der Waals surface area contributed by atoms with Crippen molar-refractivity contribution in [2.75, 3.05) is 17.2 Å². The molecule has 1 aromatic carbocycles. The first-order chi connectivity index (χ1) is 11.5. The zero-order valence-electron chi connectivity index (χ0n) is 14.3. The molecule has 2 aromatic rings. The first-order valence-corrected chi connectivity index (χ1v) is 8.53. The number of carbonyl (C=O) groups is 1. The van der Waals surface area contributed by atoms with E-state index in [0.717, 1.165) is 24.1 Å². The number of nitrogens with zero attached hydrogens (tertiary/aromatic N) is 2. The third-order valence-electron chi connectivity index (χ3n) is 3.65. The van der Waals surface area contributed by atoms with E-state index in [2.05, 4.69) is 27.5 Å². The van der Waals surface area contributed by atoms with E-state index in [1.807, 2.05) is 26.0 Å². The fourth-order valence-corrected chi connectivity index (χ4v) is 2.74. The number of rotatable bonds is 7. The fraction of sp³-hybridized carbons (Fsp3) is 0.389. The highest BCUT2D eigenvalue weighted by Crippen LogP contribution is 2.27. The van der Waals surface area contributed by atoms with Gasteiger partial charge in [0.1, 0.15) is 0 Å². The SMILES string of the molecule is CCCCCNc1ncc(C(=O)Nc2c(C)cc(C)cc2Cl)cn1. The Balaban J connectivity index is 2.00. The molecule has 0 aliphatic heterocycles. The van der Waals surface area contributed by atoms with Gasteiger partial charge < -0.3 is 10.6 Å². The molecule has 1 amide bonds. The second kappa shape index (κ2) is 8.64. The van der Waals surface area contributed by atoms with Gasteiger partial charge in [-0.1, -0.05) is 37.4 Å². The summed E-state index contributed by atoms with van der Waals surface area (Å²) in [4.78, 5) is 20.7. The summed E-state index contributed by atoms with van der Waals surface area (Å²) < 4.78 is 0. The van der Waals surface area contributed by atoms with Gasteiger partial charge in [0, 0.05) is 18.9 Å². The topological polar surface area (TPSA) is 66.9 Å². The van der Waals surface area contributed by atoms with E-state index in [-0.39, 0.29) is 5.91 Å². The van der Waals surface area contributed by atoms with Crippen molar-refractivity contribution < 1.29 is 4.79 Å². The van der Waals surface area contributed by atoms with Crippen molar-refractivity contribution in [1.82, 2.24) is 9.97 Å². The quantitative estimate of drug-likeness (QED) is 0.719. The van der Waals surface area contributed by atoms with E-state index >= 15 is 0 Å². The Morgan fingerprint density at radius 1 is 1.17 bits per heavy atom. The molecule has 0 aliphatic carbocycles. The van der Waals surface area contributed by atoms with Crippen LogP contribution in [0.5, 0.6) is 0 Å². The van der Waals surface area contributed by atoms with Gasteiger partial charge in [-0.25, -0.2) is 9.97 Å². The van der Waals surface area contributed by atoms with Crippen molar-refractivity contribution in [1.29, 1.82) is 0 Å². The average Bonchev–Trinajstić information content (AvgIpc) is 2.55. The molecule has 0 spiro atoms. The van der Waals surface area contributed by atoms with Gasteiger partial charge in [0.25, 0.3) is 5.91 Å². The summed E-state index contributed by atoms with van der Waals surface area (Å²) in [7, 11) is 0. The molecule has 0 aliphatic rings. The molecule has 0 radical (unpaired) electrons. The van der Waals surface area contributed by atoms with Crippen LogP contribution in [-0.2, 0) is 0 Å². The Hall–Kier alpha value is -2.14. The molecule has 1 heterocycles. The van der Waals surface area contributed by atoms with E-state index in [1.54, 1.807) is 0 Å². The smallest absolute Gasteiger partial charge is 0.258 e. The van der Waals surface area contributed by atoms with Gasteiger partial charge in [-0.2, -0.15) is 0 Å². The van der Waals surface area contributed by atoms with Crippen LogP contribution in [0.4, 0.5) is 11.6 Å². The predicted molar refractivity (Wildman–Crippen MR) is 98.9 cm³/mol. The number of carbonyl (C=O) groups excluding carboxylic acids is 1. The molecule has 128 valence electrons. The molecule has 0 unspecified atom stereocenters. The molecule has 2 rings (SSSR count). The third kappa shape index (κ3) is 4.93. The zero-order valence-corrected chi connectivity index (χ0v) is 15.1. The van der Waals surface area contributed by atoms with Gasteiger partial charge in [0.15, 0.2) is 0 Å². The van der Waals surface area contributed by atoms with Crippen molar-refractivity contribution >= 4 is 29.1 Å². The van der Waals surface area contributed by atoms with Crippen LogP contribution in [0.2, 0.25) is 5.02 Å². The number of amides is 1. The van der Waals surface area contributed by atoms with Gasteiger partial charge in [0.05, 0.1) is 16.3 Å². The van der Waals surface area contributed by atoms with Crippen LogP contribution < -0.4 is 10.6 Å². The van der Waals surface area contributed by atoms with Crippen molar-refractivity contribution in [3.8, 4) is 0 Å². The van der Waals surface area contributed by atoms with E-state index in [1.165, 1.54) is 25.2 Å². The van der Waals surface area contributed by atoms with Crippen LogP contribution in [0.15, 0.2) is 24.5 Å². The van der Waals surface area contributed by atoms with Crippen LogP contribution in [0, 0.1) is 13.8 Å². The first kappa shape index (κ1) is 18.2.